The highest BCUT2D eigenvalue weighted by atomic mass is 16.5. The summed E-state index contributed by atoms with van der Waals surface area (Å²) in [6, 6.07) is 14.8. The highest BCUT2D eigenvalue weighted by molar-refractivity contribution is 6.04. The van der Waals surface area contributed by atoms with Crippen molar-refractivity contribution in [2.75, 3.05) is 25.5 Å². The predicted octanol–water partition coefficient (Wildman–Crippen LogP) is 1.23. The van der Waals surface area contributed by atoms with E-state index in [1.54, 1.807) is 31.4 Å². The van der Waals surface area contributed by atoms with E-state index in [2.05, 4.69) is 5.32 Å². The molecule has 4 N–H and O–H groups in total. The van der Waals surface area contributed by atoms with Gasteiger partial charge in [0.15, 0.2) is 0 Å². The molecule has 1 heterocycles. The van der Waals surface area contributed by atoms with Crippen LogP contribution in [0.5, 0.6) is 5.75 Å². The summed E-state index contributed by atoms with van der Waals surface area (Å²) in [5, 5.41) is 2.88. The number of ether oxygens (including phenoxy) is 1. The van der Waals surface area contributed by atoms with Crippen LogP contribution in [0.4, 0.5) is 5.69 Å². The molecule has 0 radical (unpaired) electrons. The van der Waals surface area contributed by atoms with Crippen molar-refractivity contribution in [2.24, 2.45) is 11.7 Å². The fourth-order valence-corrected chi connectivity index (χ4v) is 3.49. The van der Waals surface area contributed by atoms with Crippen LogP contribution in [0.25, 0.3) is 0 Å². The molecule has 1 aliphatic heterocycles. The third kappa shape index (κ3) is 5.08. The number of likely N-dealkylation sites (tertiary alicyclic amines) is 1. The average Bonchev–Trinajstić information content (AvgIpc) is 2.69. The van der Waals surface area contributed by atoms with Gasteiger partial charge in [-0.2, -0.15) is 0 Å². The molecule has 0 aliphatic carbocycles. The lowest BCUT2D eigenvalue weighted by atomic mass is 9.97. The Balaban J connectivity index is 1.57. The SMILES string of the molecule is COc1ccc(NC(=O)c2ccc(C[NH+]3CCC[C@H](C(N)=O)C3)cc2)cc1. The number of hydrogen-bond donors (Lipinski definition) is 3. The molecule has 0 aromatic heterocycles. The van der Waals surface area contributed by atoms with Gasteiger partial charge in [0.05, 0.1) is 26.1 Å². The molecule has 2 aromatic carbocycles. The van der Waals surface area contributed by atoms with Gasteiger partial charge in [-0.05, 0) is 49.2 Å². The fourth-order valence-electron chi connectivity index (χ4n) is 3.49. The quantitative estimate of drug-likeness (QED) is 0.717. The minimum Gasteiger partial charge on any atom is -0.497 e. The summed E-state index contributed by atoms with van der Waals surface area (Å²) >= 11 is 0. The Morgan fingerprint density at radius 1 is 1.15 bits per heavy atom. The van der Waals surface area contributed by atoms with Crippen LogP contribution >= 0.6 is 0 Å². The summed E-state index contributed by atoms with van der Waals surface area (Å²) in [4.78, 5) is 25.2. The number of rotatable bonds is 6. The number of benzene rings is 2. The van der Waals surface area contributed by atoms with Gasteiger partial charge in [-0.1, -0.05) is 12.1 Å². The van der Waals surface area contributed by atoms with Gasteiger partial charge in [-0.25, -0.2) is 0 Å². The van der Waals surface area contributed by atoms with Crippen molar-refractivity contribution >= 4 is 17.5 Å². The van der Waals surface area contributed by atoms with Gasteiger partial charge in [0.1, 0.15) is 12.3 Å². The Labute approximate surface area is 159 Å². The summed E-state index contributed by atoms with van der Waals surface area (Å²) in [6.07, 6.45) is 1.91. The number of methoxy groups -OCH3 is 1. The van der Waals surface area contributed by atoms with E-state index in [0.717, 1.165) is 49.5 Å². The molecular formula is C21H26N3O3+. The molecule has 0 spiro atoms. The maximum absolute atomic E-state index is 12.4. The number of anilines is 1. The summed E-state index contributed by atoms with van der Waals surface area (Å²) < 4.78 is 5.11. The number of nitrogens with two attached hydrogens (primary N) is 1. The largest absolute Gasteiger partial charge is 0.497 e. The van der Waals surface area contributed by atoms with E-state index in [4.69, 9.17) is 10.5 Å². The smallest absolute Gasteiger partial charge is 0.255 e. The fraction of sp³-hybridized carbons (Fsp3) is 0.333. The third-order valence-corrected chi connectivity index (χ3v) is 5.04. The number of carbonyl (C=O) groups excluding carboxylic acids is 2. The molecule has 3 rings (SSSR count). The van der Waals surface area contributed by atoms with Crippen molar-refractivity contribution in [3.63, 3.8) is 0 Å². The zero-order valence-electron chi connectivity index (χ0n) is 15.5. The second-order valence-corrected chi connectivity index (χ2v) is 7.00. The predicted molar refractivity (Wildman–Crippen MR) is 104 cm³/mol. The molecule has 6 nitrogen and oxygen atoms in total. The lowest BCUT2D eigenvalue weighted by Gasteiger charge is -2.28. The Kier molecular flexibility index (Phi) is 6.08. The number of carbonyl (C=O) groups is 2. The second-order valence-electron chi connectivity index (χ2n) is 7.00. The van der Waals surface area contributed by atoms with E-state index in [1.807, 2.05) is 24.3 Å². The Bertz CT molecular complexity index is 787. The van der Waals surface area contributed by atoms with Gasteiger partial charge >= 0.3 is 0 Å². The molecule has 1 aliphatic rings. The number of hydrogen-bond acceptors (Lipinski definition) is 3. The van der Waals surface area contributed by atoms with Crippen molar-refractivity contribution in [1.29, 1.82) is 0 Å². The first-order valence-corrected chi connectivity index (χ1v) is 9.22. The molecular weight excluding hydrogens is 342 g/mol. The van der Waals surface area contributed by atoms with Crippen molar-refractivity contribution < 1.29 is 19.2 Å². The molecule has 2 aromatic rings. The van der Waals surface area contributed by atoms with Gasteiger partial charge < -0.3 is 20.7 Å². The number of amides is 2. The van der Waals surface area contributed by atoms with E-state index >= 15 is 0 Å². The van der Waals surface area contributed by atoms with Gasteiger partial charge in [0.2, 0.25) is 5.91 Å². The molecule has 2 amide bonds. The molecule has 6 heteroatoms. The molecule has 1 fully saturated rings. The molecule has 2 atom stereocenters. The normalized spacial score (nSPS) is 19.3. The minimum atomic E-state index is -0.197. The van der Waals surface area contributed by atoms with Crippen LogP contribution in [0.2, 0.25) is 0 Å². The first-order chi connectivity index (χ1) is 13.0. The first kappa shape index (κ1) is 18.9. The van der Waals surface area contributed by atoms with Crippen LogP contribution in [-0.4, -0.2) is 32.0 Å². The van der Waals surface area contributed by atoms with Gasteiger partial charge in [0.25, 0.3) is 5.91 Å². The Morgan fingerprint density at radius 2 is 1.85 bits per heavy atom. The monoisotopic (exact) mass is 368 g/mol. The number of quaternary nitrogens is 1. The molecule has 0 saturated carbocycles. The second kappa shape index (κ2) is 8.68. The topological polar surface area (TPSA) is 85.9 Å². The average molecular weight is 368 g/mol. The third-order valence-electron chi connectivity index (χ3n) is 5.04. The van der Waals surface area contributed by atoms with E-state index in [9.17, 15) is 9.59 Å². The van der Waals surface area contributed by atoms with Gasteiger partial charge in [0, 0.05) is 16.8 Å². The number of piperidine rings is 1. The van der Waals surface area contributed by atoms with Crippen molar-refractivity contribution in [2.45, 2.75) is 19.4 Å². The van der Waals surface area contributed by atoms with Crippen LogP contribution in [0.3, 0.4) is 0 Å². The first-order valence-electron chi connectivity index (χ1n) is 9.22. The van der Waals surface area contributed by atoms with E-state index in [1.165, 1.54) is 4.90 Å². The van der Waals surface area contributed by atoms with Crippen LogP contribution < -0.4 is 20.7 Å². The van der Waals surface area contributed by atoms with Crippen LogP contribution in [0, 0.1) is 5.92 Å². The molecule has 0 bridgehead atoms. The maximum Gasteiger partial charge on any atom is 0.255 e. The molecule has 27 heavy (non-hydrogen) atoms. The summed E-state index contributed by atoms with van der Waals surface area (Å²) in [7, 11) is 1.61. The Morgan fingerprint density at radius 3 is 2.48 bits per heavy atom. The van der Waals surface area contributed by atoms with Crippen LogP contribution in [0.1, 0.15) is 28.8 Å². The van der Waals surface area contributed by atoms with Crippen LogP contribution in [0.15, 0.2) is 48.5 Å². The van der Waals surface area contributed by atoms with Crippen molar-refractivity contribution in [3.8, 4) is 5.75 Å². The minimum absolute atomic E-state index is 0.0247. The summed E-state index contributed by atoms with van der Waals surface area (Å²) in [5.74, 6) is 0.378. The van der Waals surface area contributed by atoms with Gasteiger partial charge in [-0.15, -0.1) is 0 Å². The molecule has 142 valence electrons. The van der Waals surface area contributed by atoms with E-state index < -0.39 is 0 Å². The number of nitrogens with one attached hydrogen (secondary N) is 2. The Hall–Kier alpha value is -2.86. The maximum atomic E-state index is 12.4. The zero-order valence-corrected chi connectivity index (χ0v) is 15.5. The lowest BCUT2D eigenvalue weighted by Crippen LogP contribution is -3.12. The lowest BCUT2D eigenvalue weighted by molar-refractivity contribution is -0.921. The summed E-state index contributed by atoms with van der Waals surface area (Å²) in [6.45, 7) is 2.67. The zero-order chi connectivity index (χ0) is 19.2. The highest BCUT2D eigenvalue weighted by Gasteiger charge is 2.26. The summed E-state index contributed by atoms with van der Waals surface area (Å²) in [5.41, 5.74) is 7.93. The van der Waals surface area contributed by atoms with E-state index in [-0.39, 0.29) is 17.7 Å². The highest BCUT2D eigenvalue weighted by Crippen LogP contribution is 2.16. The van der Waals surface area contributed by atoms with Crippen molar-refractivity contribution in [3.05, 3.63) is 59.7 Å². The number of primary amides is 1. The molecule has 1 unspecified atom stereocenters. The van der Waals surface area contributed by atoms with E-state index in [0.29, 0.717) is 5.56 Å². The van der Waals surface area contributed by atoms with Crippen molar-refractivity contribution in [1.82, 2.24) is 0 Å². The van der Waals surface area contributed by atoms with Crippen LogP contribution in [-0.2, 0) is 11.3 Å². The molecule has 1 saturated heterocycles. The van der Waals surface area contributed by atoms with Gasteiger partial charge in [-0.3, -0.25) is 9.59 Å². The standard InChI is InChI=1S/C21H25N3O3/c1-27-19-10-8-18(9-11-19)23-21(26)16-6-4-15(5-7-16)13-24-12-2-3-17(14-24)20(22)25/h4-11,17H,2-3,12-14H2,1H3,(H2,22,25)(H,23,26)/p+1/t17-/m0/s1.